The monoisotopic (exact) mass is 360 g/mol. The van der Waals surface area contributed by atoms with E-state index in [1.165, 1.54) is 5.01 Å². The van der Waals surface area contributed by atoms with Gasteiger partial charge < -0.3 is 4.74 Å². The van der Waals surface area contributed by atoms with Gasteiger partial charge in [-0.1, -0.05) is 35.3 Å². The number of ether oxygens (including phenoxy) is 1. The summed E-state index contributed by atoms with van der Waals surface area (Å²) in [5, 5.41) is 6.49. The Morgan fingerprint density at radius 2 is 1.83 bits per heavy atom. The fraction of sp³-hybridized carbons (Fsp3) is 0.111. The molecule has 0 atom stereocenters. The molecule has 0 fully saturated rings. The number of rotatable bonds is 3. The zero-order valence-electron chi connectivity index (χ0n) is 13.1. The van der Waals surface area contributed by atoms with Crippen molar-refractivity contribution in [3.63, 3.8) is 0 Å². The highest BCUT2D eigenvalue weighted by atomic mass is 35.5. The maximum atomic E-state index is 12.7. The molecule has 0 saturated heterocycles. The van der Waals surface area contributed by atoms with Crippen molar-refractivity contribution in [2.24, 2.45) is 5.10 Å². The van der Waals surface area contributed by atoms with E-state index in [9.17, 15) is 4.79 Å². The van der Waals surface area contributed by atoms with Gasteiger partial charge in [0.15, 0.2) is 0 Å². The first-order valence-electron chi connectivity index (χ1n) is 7.20. The first-order valence-corrected chi connectivity index (χ1v) is 7.96. The second-order valence-electron chi connectivity index (χ2n) is 5.23. The molecule has 0 aliphatic carbocycles. The van der Waals surface area contributed by atoms with Gasteiger partial charge in [-0.3, -0.25) is 4.79 Å². The van der Waals surface area contributed by atoms with Crippen LogP contribution in [0, 0.1) is 0 Å². The average Bonchev–Trinajstić information content (AvgIpc) is 2.84. The summed E-state index contributed by atoms with van der Waals surface area (Å²) in [6.45, 7) is 1.79. The molecule has 24 heavy (non-hydrogen) atoms. The van der Waals surface area contributed by atoms with E-state index < -0.39 is 0 Å². The molecular weight excluding hydrogens is 347 g/mol. The molecule has 1 aliphatic rings. The number of nitrogens with zero attached hydrogens (tertiary/aromatic N) is 2. The Labute approximate surface area is 149 Å². The quantitative estimate of drug-likeness (QED) is 0.737. The van der Waals surface area contributed by atoms with E-state index in [4.69, 9.17) is 27.9 Å². The lowest BCUT2D eigenvalue weighted by Crippen LogP contribution is -2.21. The molecule has 0 bridgehead atoms. The fourth-order valence-electron chi connectivity index (χ4n) is 2.37. The molecule has 1 aliphatic heterocycles. The summed E-state index contributed by atoms with van der Waals surface area (Å²) in [4.78, 5) is 12.7. The number of halogens is 2. The number of benzene rings is 2. The van der Waals surface area contributed by atoms with Crippen molar-refractivity contribution >= 4 is 46.6 Å². The molecule has 0 N–H and O–H groups in total. The van der Waals surface area contributed by atoms with Crippen molar-refractivity contribution in [2.75, 3.05) is 12.1 Å². The minimum Gasteiger partial charge on any atom is -0.497 e. The summed E-state index contributed by atoms with van der Waals surface area (Å²) < 4.78 is 5.13. The Morgan fingerprint density at radius 3 is 2.46 bits per heavy atom. The van der Waals surface area contributed by atoms with E-state index in [-0.39, 0.29) is 5.91 Å². The maximum Gasteiger partial charge on any atom is 0.280 e. The summed E-state index contributed by atoms with van der Waals surface area (Å²) in [5.74, 6) is 0.530. The van der Waals surface area contributed by atoms with Gasteiger partial charge in [0, 0.05) is 5.02 Å². The second kappa shape index (κ2) is 6.67. The Morgan fingerprint density at radius 1 is 1.12 bits per heavy atom. The van der Waals surface area contributed by atoms with E-state index in [0.717, 1.165) is 11.3 Å². The van der Waals surface area contributed by atoms with E-state index in [2.05, 4.69) is 5.10 Å². The smallest absolute Gasteiger partial charge is 0.280 e. The molecule has 0 saturated carbocycles. The maximum absolute atomic E-state index is 12.7. The van der Waals surface area contributed by atoms with Crippen LogP contribution in [0.3, 0.4) is 0 Å². The molecule has 4 nitrogen and oxygen atoms in total. The number of carbonyl (C=O) groups is 1. The molecule has 2 aromatic rings. The van der Waals surface area contributed by atoms with E-state index in [1.807, 2.05) is 24.3 Å². The van der Waals surface area contributed by atoms with Crippen LogP contribution in [-0.2, 0) is 4.79 Å². The van der Waals surface area contributed by atoms with Crippen LogP contribution < -0.4 is 9.75 Å². The summed E-state index contributed by atoms with van der Waals surface area (Å²) in [6, 6.07) is 12.4. The molecule has 122 valence electrons. The van der Waals surface area contributed by atoms with Crippen LogP contribution in [0.1, 0.15) is 12.5 Å². The van der Waals surface area contributed by atoms with Crippen molar-refractivity contribution in [1.29, 1.82) is 0 Å². The van der Waals surface area contributed by atoms with Gasteiger partial charge in [-0.2, -0.15) is 10.1 Å². The number of anilines is 1. The van der Waals surface area contributed by atoms with Gasteiger partial charge in [-0.25, -0.2) is 0 Å². The lowest BCUT2D eigenvalue weighted by atomic mass is 10.1. The van der Waals surface area contributed by atoms with Crippen LogP contribution in [0.15, 0.2) is 53.1 Å². The fourth-order valence-corrected chi connectivity index (χ4v) is 2.86. The number of hydrazone groups is 1. The predicted molar refractivity (Wildman–Crippen MR) is 98.0 cm³/mol. The van der Waals surface area contributed by atoms with Gasteiger partial charge in [0.05, 0.1) is 29.1 Å². The molecule has 0 spiro atoms. The Balaban J connectivity index is 1.93. The highest BCUT2D eigenvalue weighted by Gasteiger charge is 2.29. The van der Waals surface area contributed by atoms with Crippen molar-refractivity contribution in [2.45, 2.75) is 6.92 Å². The van der Waals surface area contributed by atoms with Crippen LogP contribution in [0.25, 0.3) is 6.08 Å². The predicted octanol–water partition coefficient (Wildman–Crippen LogP) is 4.81. The summed E-state index contributed by atoms with van der Waals surface area (Å²) in [5.41, 5.74) is 2.54. The molecule has 0 unspecified atom stereocenters. The van der Waals surface area contributed by atoms with Crippen LogP contribution in [0.4, 0.5) is 5.69 Å². The third kappa shape index (κ3) is 3.16. The van der Waals surface area contributed by atoms with Crippen LogP contribution in [0.5, 0.6) is 5.75 Å². The molecule has 1 amide bonds. The molecular formula is C18H14Cl2N2O2. The first kappa shape index (κ1) is 16.6. The lowest BCUT2D eigenvalue weighted by molar-refractivity contribution is -0.114. The molecule has 0 aromatic heterocycles. The summed E-state index contributed by atoms with van der Waals surface area (Å²) >= 11 is 12.1. The lowest BCUT2D eigenvalue weighted by Gasteiger charge is -2.13. The number of methoxy groups -OCH3 is 1. The molecule has 0 radical (unpaired) electrons. The number of amides is 1. The highest BCUT2D eigenvalue weighted by Crippen LogP contribution is 2.33. The Bertz CT molecular complexity index is 858. The summed E-state index contributed by atoms with van der Waals surface area (Å²) in [6.07, 6.45) is 1.80. The highest BCUT2D eigenvalue weighted by molar-refractivity contribution is 6.38. The third-order valence-corrected chi connectivity index (χ3v) is 4.17. The molecule has 2 aromatic carbocycles. The van der Waals surface area contributed by atoms with Gasteiger partial charge in [0.25, 0.3) is 5.91 Å². The van der Waals surface area contributed by atoms with Gasteiger partial charge >= 0.3 is 0 Å². The third-order valence-electron chi connectivity index (χ3n) is 3.63. The zero-order chi connectivity index (χ0) is 17.3. The topological polar surface area (TPSA) is 41.9 Å². The van der Waals surface area contributed by atoms with Gasteiger partial charge in [0.1, 0.15) is 5.75 Å². The van der Waals surface area contributed by atoms with E-state index in [1.54, 1.807) is 38.3 Å². The average molecular weight is 361 g/mol. The largest absolute Gasteiger partial charge is 0.497 e. The van der Waals surface area contributed by atoms with Gasteiger partial charge in [-0.05, 0) is 48.9 Å². The molecule has 6 heteroatoms. The van der Waals surface area contributed by atoms with Crippen molar-refractivity contribution in [3.8, 4) is 5.75 Å². The molecule has 3 rings (SSSR count). The minimum atomic E-state index is -0.229. The van der Waals surface area contributed by atoms with Gasteiger partial charge in [-0.15, -0.1) is 0 Å². The minimum absolute atomic E-state index is 0.229. The van der Waals surface area contributed by atoms with Crippen LogP contribution in [-0.4, -0.2) is 18.7 Å². The van der Waals surface area contributed by atoms with Crippen LogP contribution >= 0.6 is 23.2 Å². The van der Waals surface area contributed by atoms with Crippen molar-refractivity contribution < 1.29 is 9.53 Å². The number of hydrogen-bond acceptors (Lipinski definition) is 3. The normalized spacial score (nSPS) is 15.8. The number of hydrogen-bond donors (Lipinski definition) is 0. The first-order chi connectivity index (χ1) is 11.5. The second-order valence-corrected chi connectivity index (χ2v) is 6.07. The van der Waals surface area contributed by atoms with Gasteiger partial charge in [0.2, 0.25) is 0 Å². The number of carbonyl (C=O) groups excluding carboxylic acids is 1. The summed E-state index contributed by atoms with van der Waals surface area (Å²) in [7, 11) is 1.61. The Hall–Kier alpha value is -2.30. The van der Waals surface area contributed by atoms with Crippen molar-refractivity contribution in [3.05, 3.63) is 63.6 Å². The standard InChI is InChI=1S/C18H14Cl2N2O2/c1-11-15(9-12-3-6-14(24-2)7-4-12)18(23)22(21-11)17-8-5-13(19)10-16(17)20/h3-10H,1-2H3. The van der Waals surface area contributed by atoms with E-state index >= 15 is 0 Å². The zero-order valence-corrected chi connectivity index (χ0v) is 14.6. The molecule has 1 heterocycles. The SMILES string of the molecule is COc1ccc(C=C2C(=O)N(c3ccc(Cl)cc3Cl)N=C2C)cc1. The van der Waals surface area contributed by atoms with Crippen molar-refractivity contribution in [1.82, 2.24) is 0 Å². The van der Waals surface area contributed by atoms with E-state index in [0.29, 0.717) is 27.0 Å². The van der Waals surface area contributed by atoms with Crippen LogP contribution in [0.2, 0.25) is 10.0 Å². The Kier molecular flexibility index (Phi) is 4.60.